The van der Waals surface area contributed by atoms with Gasteiger partial charge in [0.25, 0.3) is 0 Å². The predicted molar refractivity (Wildman–Crippen MR) is 62.8 cm³/mol. The van der Waals surface area contributed by atoms with Gasteiger partial charge in [0.15, 0.2) is 0 Å². The average molecular weight is 209 g/mol. The van der Waals surface area contributed by atoms with Gasteiger partial charge in [-0.15, -0.1) is 0 Å². The van der Waals surface area contributed by atoms with Crippen molar-refractivity contribution in [3.05, 3.63) is 18.3 Å². The maximum absolute atomic E-state index is 9.77. The van der Waals surface area contributed by atoms with Crippen LogP contribution >= 0.6 is 0 Å². The Kier molecular flexibility index (Phi) is 3.52. The molecule has 0 spiro atoms. The van der Waals surface area contributed by atoms with Gasteiger partial charge < -0.3 is 15.7 Å². The molecule has 4 heteroatoms. The maximum atomic E-state index is 9.77. The SMILES string of the molecule is CCN(CC(C)(C)O)c1cccnc1N. The van der Waals surface area contributed by atoms with Crippen LogP contribution in [0.4, 0.5) is 11.5 Å². The number of aromatic nitrogens is 1. The molecule has 0 bridgehead atoms. The van der Waals surface area contributed by atoms with E-state index in [9.17, 15) is 5.11 Å². The lowest BCUT2D eigenvalue weighted by atomic mass is 10.1. The monoisotopic (exact) mass is 209 g/mol. The zero-order valence-electron chi connectivity index (χ0n) is 9.57. The molecule has 0 amide bonds. The van der Waals surface area contributed by atoms with Gasteiger partial charge in [-0.2, -0.15) is 0 Å². The Bertz CT molecular complexity index is 320. The van der Waals surface area contributed by atoms with E-state index < -0.39 is 5.60 Å². The summed E-state index contributed by atoms with van der Waals surface area (Å²) in [5.41, 5.74) is 5.92. The smallest absolute Gasteiger partial charge is 0.146 e. The predicted octanol–water partition coefficient (Wildman–Crippen LogP) is 1.26. The van der Waals surface area contributed by atoms with E-state index in [1.165, 1.54) is 0 Å². The van der Waals surface area contributed by atoms with Gasteiger partial charge in [0.1, 0.15) is 5.82 Å². The van der Waals surface area contributed by atoms with Crippen molar-refractivity contribution >= 4 is 11.5 Å². The Morgan fingerprint density at radius 1 is 1.53 bits per heavy atom. The van der Waals surface area contributed by atoms with Crippen molar-refractivity contribution in [1.29, 1.82) is 0 Å². The van der Waals surface area contributed by atoms with Crippen molar-refractivity contribution in [2.24, 2.45) is 0 Å². The Morgan fingerprint density at radius 3 is 2.67 bits per heavy atom. The highest BCUT2D eigenvalue weighted by Crippen LogP contribution is 2.21. The molecule has 4 nitrogen and oxygen atoms in total. The summed E-state index contributed by atoms with van der Waals surface area (Å²) in [5, 5.41) is 9.77. The van der Waals surface area contributed by atoms with Crippen molar-refractivity contribution < 1.29 is 5.11 Å². The largest absolute Gasteiger partial charge is 0.389 e. The van der Waals surface area contributed by atoms with E-state index in [4.69, 9.17) is 5.73 Å². The first kappa shape index (κ1) is 11.8. The van der Waals surface area contributed by atoms with Crippen LogP contribution in [0.25, 0.3) is 0 Å². The number of hydrogen-bond acceptors (Lipinski definition) is 4. The van der Waals surface area contributed by atoms with Gasteiger partial charge in [-0.1, -0.05) is 0 Å². The molecule has 0 atom stereocenters. The molecule has 15 heavy (non-hydrogen) atoms. The summed E-state index contributed by atoms with van der Waals surface area (Å²) < 4.78 is 0. The number of anilines is 2. The van der Waals surface area contributed by atoms with E-state index in [1.54, 1.807) is 20.0 Å². The highest BCUT2D eigenvalue weighted by molar-refractivity contribution is 5.62. The minimum Gasteiger partial charge on any atom is -0.389 e. The summed E-state index contributed by atoms with van der Waals surface area (Å²) in [6.07, 6.45) is 1.66. The fourth-order valence-electron chi connectivity index (χ4n) is 1.51. The van der Waals surface area contributed by atoms with Crippen LogP contribution in [-0.2, 0) is 0 Å². The molecule has 1 rings (SSSR count). The molecular formula is C11H19N3O. The van der Waals surface area contributed by atoms with Crippen LogP contribution in [0.1, 0.15) is 20.8 Å². The third-order valence-electron chi connectivity index (χ3n) is 2.12. The first-order valence-electron chi connectivity index (χ1n) is 5.12. The van der Waals surface area contributed by atoms with Gasteiger partial charge in [0.05, 0.1) is 11.3 Å². The van der Waals surface area contributed by atoms with Gasteiger partial charge in [-0.05, 0) is 32.9 Å². The standard InChI is InChI=1S/C11H19N3O/c1-4-14(8-11(2,3)15)9-6-5-7-13-10(9)12/h5-7,15H,4,8H2,1-3H3,(H2,12,13). The number of rotatable bonds is 4. The van der Waals surface area contributed by atoms with E-state index in [2.05, 4.69) is 4.98 Å². The molecule has 0 unspecified atom stereocenters. The molecular weight excluding hydrogens is 190 g/mol. The van der Waals surface area contributed by atoms with Crippen LogP contribution in [0.5, 0.6) is 0 Å². The molecule has 0 radical (unpaired) electrons. The quantitative estimate of drug-likeness (QED) is 0.783. The fourth-order valence-corrected chi connectivity index (χ4v) is 1.51. The van der Waals surface area contributed by atoms with Gasteiger partial charge >= 0.3 is 0 Å². The Balaban J connectivity index is 2.88. The number of pyridine rings is 1. The van der Waals surface area contributed by atoms with Crippen LogP contribution in [0.3, 0.4) is 0 Å². The molecule has 84 valence electrons. The first-order valence-corrected chi connectivity index (χ1v) is 5.12. The van der Waals surface area contributed by atoms with Crippen LogP contribution in [0.15, 0.2) is 18.3 Å². The molecule has 0 aliphatic heterocycles. The average Bonchev–Trinajstić information content (AvgIpc) is 2.14. The van der Waals surface area contributed by atoms with Crippen molar-refractivity contribution in [1.82, 2.24) is 4.98 Å². The number of nitrogens with two attached hydrogens (primary N) is 1. The first-order chi connectivity index (χ1) is 6.94. The topological polar surface area (TPSA) is 62.4 Å². The third kappa shape index (κ3) is 3.40. The molecule has 1 aromatic rings. The number of likely N-dealkylation sites (N-methyl/N-ethyl adjacent to an activating group) is 1. The summed E-state index contributed by atoms with van der Waals surface area (Å²) in [6.45, 7) is 6.92. The lowest BCUT2D eigenvalue weighted by molar-refractivity contribution is 0.0876. The molecule has 1 heterocycles. The van der Waals surface area contributed by atoms with Gasteiger partial charge in [0.2, 0.25) is 0 Å². The van der Waals surface area contributed by atoms with Crippen molar-refractivity contribution in [3.8, 4) is 0 Å². The van der Waals surface area contributed by atoms with Crippen LogP contribution in [0, 0.1) is 0 Å². The van der Waals surface area contributed by atoms with E-state index in [0.29, 0.717) is 12.4 Å². The molecule has 0 aliphatic carbocycles. The summed E-state index contributed by atoms with van der Waals surface area (Å²) >= 11 is 0. The fraction of sp³-hybridized carbons (Fsp3) is 0.545. The summed E-state index contributed by atoms with van der Waals surface area (Å²) in [7, 11) is 0. The minimum absolute atomic E-state index is 0.503. The summed E-state index contributed by atoms with van der Waals surface area (Å²) in [6, 6.07) is 3.76. The van der Waals surface area contributed by atoms with Crippen LogP contribution in [-0.4, -0.2) is 28.8 Å². The molecule has 0 saturated heterocycles. The van der Waals surface area contributed by atoms with E-state index >= 15 is 0 Å². The Hall–Kier alpha value is -1.29. The molecule has 0 aromatic carbocycles. The second-order valence-electron chi connectivity index (χ2n) is 4.23. The van der Waals surface area contributed by atoms with Crippen molar-refractivity contribution in [2.75, 3.05) is 23.7 Å². The highest BCUT2D eigenvalue weighted by atomic mass is 16.3. The molecule has 0 aliphatic rings. The molecule has 3 N–H and O–H groups in total. The van der Waals surface area contributed by atoms with Crippen molar-refractivity contribution in [2.45, 2.75) is 26.4 Å². The normalized spacial score (nSPS) is 11.5. The zero-order chi connectivity index (χ0) is 11.5. The van der Waals surface area contributed by atoms with Crippen molar-refractivity contribution in [3.63, 3.8) is 0 Å². The van der Waals surface area contributed by atoms with Gasteiger partial charge in [0, 0.05) is 19.3 Å². The molecule has 1 aromatic heterocycles. The van der Waals surface area contributed by atoms with E-state index in [1.807, 2.05) is 24.0 Å². The Labute approximate surface area is 90.7 Å². The number of hydrogen-bond donors (Lipinski definition) is 2. The zero-order valence-corrected chi connectivity index (χ0v) is 9.57. The second-order valence-corrected chi connectivity index (χ2v) is 4.23. The van der Waals surface area contributed by atoms with E-state index in [-0.39, 0.29) is 0 Å². The summed E-state index contributed by atoms with van der Waals surface area (Å²) in [5.74, 6) is 0.503. The third-order valence-corrected chi connectivity index (χ3v) is 2.12. The second kappa shape index (κ2) is 4.49. The van der Waals surface area contributed by atoms with Crippen LogP contribution in [0.2, 0.25) is 0 Å². The maximum Gasteiger partial charge on any atom is 0.146 e. The number of nitrogen functional groups attached to an aromatic ring is 1. The minimum atomic E-state index is -0.738. The lowest BCUT2D eigenvalue weighted by Gasteiger charge is -2.30. The molecule has 0 saturated carbocycles. The van der Waals surface area contributed by atoms with Gasteiger partial charge in [-0.3, -0.25) is 0 Å². The number of aliphatic hydroxyl groups is 1. The number of nitrogens with zero attached hydrogens (tertiary/aromatic N) is 2. The Morgan fingerprint density at radius 2 is 2.20 bits per heavy atom. The van der Waals surface area contributed by atoms with Crippen LogP contribution < -0.4 is 10.6 Å². The summed E-state index contributed by atoms with van der Waals surface area (Å²) in [4.78, 5) is 6.05. The highest BCUT2D eigenvalue weighted by Gasteiger charge is 2.18. The van der Waals surface area contributed by atoms with E-state index in [0.717, 1.165) is 12.2 Å². The molecule has 0 fully saturated rings. The van der Waals surface area contributed by atoms with Gasteiger partial charge in [-0.25, -0.2) is 4.98 Å². The lowest BCUT2D eigenvalue weighted by Crippen LogP contribution is -2.39.